The summed E-state index contributed by atoms with van der Waals surface area (Å²) >= 11 is 6.07. The zero-order valence-electron chi connectivity index (χ0n) is 8.87. The van der Waals surface area contributed by atoms with E-state index in [2.05, 4.69) is 9.97 Å². The van der Waals surface area contributed by atoms with Crippen LogP contribution in [0.5, 0.6) is 0 Å². The molecule has 2 aromatic rings. The lowest BCUT2D eigenvalue weighted by Crippen LogP contribution is -2.09. The van der Waals surface area contributed by atoms with Crippen LogP contribution in [-0.2, 0) is 11.2 Å². The van der Waals surface area contributed by atoms with Crippen LogP contribution in [0.15, 0.2) is 18.2 Å². The van der Waals surface area contributed by atoms with E-state index in [4.69, 9.17) is 16.3 Å². The van der Waals surface area contributed by atoms with Gasteiger partial charge in [0, 0.05) is 13.0 Å². The number of hydrogen-bond acceptors (Lipinski definition) is 2. The first-order valence-electron chi connectivity index (χ1n) is 5.57. The van der Waals surface area contributed by atoms with Gasteiger partial charge in [0.05, 0.1) is 16.6 Å². The molecule has 1 aromatic heterocycles. The fraction of sp³-hybridized carbons (Fsp3) is 0.417. The highest BCUT2D eigenvalue weighted by atomic mass is 35.5. The Morgan fingerprint density at radius 2 is 2.44 bits per heavy atom. The Kier molecular flexibility index (Phi) is 2.58. The van der Waals surface area contributed by atoms with Crippen molar-refractivity contribution in [3.63, 3.8) is 0 Å². The summed E-state index contributed by atoms with van der Waals surface area (Å²) in [4.78, 5) is 7.80. The number of nitrogens with zero attached hydrogens (tertiary/aromatic N) is 1. The molecule has 1 aromatic carbocycles. The summed E-state index contributed by atoms with van der Waals surface area (Å²) in [6.07, 6.45) is 3.46. The SMILES string of the molecule is Clc1cccc2[nH]c(CC3CCCO3)nc12. The van der Waals surface area contributed by atoms with Crippen LogP contribution in [0.1, 0.15) is 18.7 Å². The van der Waals surface area contributed by atoms with Crippen molar-refractivity contribution in [2.45, 2.75) is 25.4 Å². The molecule has 4 heteroatoms. The number of halogens is 1. The molecule has 0 bridgehead atoms. The highest BCUT2D eigenvalue weighted by Gasteiger charge is 2.18. The van der Waals surface area contributed by atoms with Crippen molar-refractivity contribution in [2.24, 2.45) is 0 Å². The number of aromatic amines is 1. The Bertz CT molecular complexity index is 503. The van der Waals surface area contributed by atoms with Gasteiger partial charge in [-0.1, -0.05) is 17.7 Å². The minimum absolute atomic E-state index is 0.319. The Morgan fingerprint density at radius 1 is 1.50 bits per heavy atom. The molecule has 1 aliphatic rings. The quantitative estimate of drug-likeness (QED) is 0.871. The predicted octanol–water partition coefficient (Wildman–Crippen LogP) is 2.94. The molecule has 1 unspecified atom stereocenters. The maximum Gasteiger partial charge on any atom is 0.109 e. The van der Waals surface area contributed by atoms with Gasteiger partial charge in [-0.2, -0.15) is 0 Å². The van der Waals surface area contributed by atoms with Crippen molar-refractivity contribution < 1.29 is 4.74 Å². The number of fused-ring (bicyclic) bond motifs is 1. The number of para-hydroxylation sites is 1. The summed E-state index contributed by atoms with van der Waals surface area (Å²) in [7, 11) is 0. The van der Waals surface area contributed by atoms with E-state index in [-0.39, 0.29) is 0 Å². The standard InChI is InChI=1S/C12H13ClN2O/c13-9-4-1-5-10-12(9)15-11(14-10)7-8-3-2-6-16-8/h1,4-5,8H,2-3,6-7H2,(H,14,15). The minimum atomic E-state index is 0.319. The summed E-state index contributed by atoms with van der Waals surface area (Å²) in [5.41, 5.74) is 1.86. The van der Waals surface area contributed by atoms with Gasteiger partial charge in [0.15, 0.2) is 0 Å². The molecule has 1 aliphatic heterocycles. The van der Waals surface area contributed by atoms with Crippen molar-refractivity contribution in [1.82, 2.24) is 9.97 Å². The summed E-state index contributed by atoms with van der Waals surface area (Å²) in [5, 5.41) is 0.701. The summed E-state index contributed by atoms with van der Waals surface area (Å²) < 4.78 is 5.59. The largest absolute Gasteiger partial charge is 0.378 e. The number of nitrogens with one attached hydrogen (secondary N) is 1. The first-order chi connectivity index (χ1) is 7.83. The van der Waals surface area contributed by atoms with Crippen LogP contribution < -0.4 is 0 Å². The van der Waals surface area contributed by atoms with Gasteiger partial charge in [-0.3, -0.25) is 0 Å². The normalized spacial score (nSPS) is 20.7. The minimum Gasteiger partial charge on any atom is -0.378 e. The number of rotatable bonds is 2. The lowest BCUT2D eigenvalue weighted by Gasteiger charge is -2.05. The predicted molar refractivity (Wildman–Crippen MR) is 63.8 cm³/mol. The molecule has 3 nitrogen and oxygen atoms in total. The van der Waals surface area contributed by atoms with Crippen molar-refractivity contribution in [1.29, 1.82) is 0 Å². The second-order valence-corrected chi connectivity index (χ2v) is 4.57. The average Bonchev–Trinajstić information content (AvgIpc) is 2.88. The topological polar surface area (TPSA) is 37.9 Å². The third-order valence-electron chi connectivity index (χ3n) is 2.96. The molecule has 1 atom stereocenters. The van der Waals surface area contributed by atoms with E-state index >= 15 is 0 Å². The first-order valence-corrected chi connectivity index (χ1v) is 5.95. The summed E-state index contributed by atoms with van der Waals surface area (Å²) in [5.74, 6) is 0.968. The summed E-state index contributed by atoms with van der Waals surface area (Å²) in [6, 6.07) is 5.78. The van der Waals surface area contributed by atoms with Crippen LogP contribution >= 0.6 is 11.6 Å². The van der Waals surface area contributed by atoms with E-state index < -0.39 is 0 Å². The fourth-order valence-electron chi connectivity index (χ4n) is 2.17. The molecule has 2 heterocycles. The van der Waals surface area contributed by atoms with Crippen molar-refractivity contribution in [3.05, 3.63) is 29.0 Å². The second-order valence-electron chi connectivity index (χ2n) is 4.16. The monoisotopic (exact) mass is 236 g/mol. The van der Waals surface area contributed by atoms with Crippen LogP contribution in [0, 0.1) is 0 Å². The molecule has 84 valence electrons. The van der Waals surface area contributed by atoms with Crippen LogP contribution in [0.3, 0.4) is 0 Å². The molecule has 0 spiro atoms. The van der Waals surface area contributed by atoms with E-state index in [0.717, 1.165) is 42.7 Å². The molecule has 16 heavy (non-hydrogen) atoms. The van der Waals surface area contributed by atoms with Crippen LogP contribution in [0.2, 0.25) is 5.02 Å². The molecule has 1 fully saturated rings. The number of hydrogen-bond donors (Lipinski definition) is 1. The van der Waals surface area contributed by atoms with E-state index in [9.17, 15) is 0 Å². The highest BCUT2D eigenvalue weighted by Crippen LogP contribution is 2.22. The Labute approximate surface area is 98.8 Å². The average molecular weight is 237 g/mol. The highest BCUT2D eigenvalue weighted by molar-refractivity contribution is 6.34. The zero-order valence-corrected chi connectivity index (χ0v) is 9.63. The van der Waals surface area contributed by atoms with Crippen molar-refractivity contribution >= 4 is 22.6 Å². The van der Waals surface area contributed by atoms with Gasteiger partial charge in [-0.15, -0.1) is 0 Å². The summed E-state index contributed by atoms with van der Waals surface area (Å²) in [6.45, 7) is 0.881. The number of H-pyrrole nitrogens is 1. The molecule has 0 saturated carbocycles. The third-order valence-corrected chi connectivity index (χ3v) is 3.26. The molecule has 1 saturated heterocycles. The van der Waals surface area contributed by atoms with Crippen LogP contribution in [-0.4, -0.2) is 22.7 Å². The van der Waals surface area contributed by atoms with Crippen LogP contribution in [0.25, 0.3) is 11.0 Å². The van der Waals surface area contributed by atoms with Gasteiger partial charge in [0.1, 0.15) is 11.3 Å². The number of imidazole rings is 1. The molecule has 0 aliphatic carbocycles. The fourth-order valence-corrected chi connectivity index (χ4v) is 2.38. The van der Waals surface area contributed by atoms with Gasteiger partial charge in [0.2, 0.25) is 0 Å². The molecular weight excluding hydrogens is 224 g/mol. The van der Waals surface area contributed by atoms with Crippen molar-refractivity contribution in [2.75, 3.05) is 6.61 Å². The number of benzene rings is 1. The Morgan fingerprint density at radius 3 is 3.19 bits per heavy atom. The van der Waals surface area contributed by atoms with E-state index in [1.807, 2.05) is 18.2 Å². The lowest BCUT2D eigenvalue weighted by atomic mass is 10.2. The van der Waals surface area contributed by atoms with Gasteiger partial charge in [-0.05, 0) is 25.0 Å². The lowest BCUT2D eigenvalue weighted by molar-refractivity contribution is 0.110. The molecule has 0 radical (unpaired) electrons. The maximum absolute atomic E-state index is 6.07. The number of ether oxygens (including phenoxy) is 1. The Hall–Kier alpha value is -1.06. The third kappa shape index (κ3) is 1.81. The second kappa shape index (κ2) is 4.07. The smallest absolute Gasteiger partial charge is 0.109 e. The molecular formula is C12H13ClN2O. The first kappa shape index (κ1) is 10.1. The van der Waals surface area contributed by atoms with Gasteiger partial charge >= 0.3 is 0 Å². The Balaban J connectivity index is 1.90. The van der Waals surface area contributed by atoms with E-state index in [1.165, 1.54) is 0 Å². The maximum atomic E-state index is 6.07. The molecule has 0 amide bonds. The molecule has 1 N–H and O–H groups in total. The van der Waals surface area contributed by atoms with E-state index in [0.29, 0.717) is 11.1 Å². The zero-order chi connectivity index (χ0) is 11.0. The molecule has 3 rings (SSSR count). The van der Waals surface area contributed by atoms with Gasteiger partial charge in [-0.25, -0.2) is 4.98 Å². The van der Waals surface area contributed by atoms with E-state index in [1.54, 1.807) is 0 Å². The van der Waals surface area contributed by atoms with Gasteiger partial charge in [0.25, 0.3) is 0 Å². The number of aromatic nitrogens is 2. The van der Waals surface area contributed by atoms with Crippen molar-refractivity contribution in [3.8, 4) is 0 Å². The van der Waals surface area contributed by atoms with Crippen LogP contribution in [0.4, 0.5) is 0 Å². The van der Waals surface area contributed by atoms with Gasteiger partial charge < -0.3 is 9.72 Å².